The lowest BCUT2D eigenvalue weighted by Gasteiger charge is -2.28. The molecule has 0 amide bonds. The van der Waals surface area contributed by atoms with Crippen LogP contribution in [-0.4, -0.2) is 13.7 Å². The summed E-state index contributed by atoms with van der Waals surface area (Å²) in [4.78, 5) is 0. The van der Waals surface area contributed by atoms with Crippen LogP contribution >= 0.6 is 0 Å². The lowest BCUT2D eigenvalue weighted by atomic mass is 9.79. The highest BCUT2D eigenvalue weighted by molar-refractivity contribution is 5.84. The van der Waals surface area contributed by atoms with Gasteiger partial charge in [-0.1, -0.05) is 30.0 Å². The van der Waals surface area contributed by atoms with E-state index in [0.717, 1.165) is 43.9 Å². The molecule has 0 bridgehead atoms. The zero-order valence-electron chi connectivity index (χ0n) is 16.9. The van der Waals surface area contributed by atoms with Crippen molar-refractivity contribution < 1.29 is 17.9 Å². The van der Waals surface area contributed by atoms with Crippen LogP contribution in [0.5, 0.6) is 0 Å². The van der Waals surface area contributed by atoms with E-state index in [4.69, 9.17) is 4.74 Å². The molecule has 0 atom stereocenters. The minimum absolute atomic E-state index is 0.205. The average Bonchev–Trinajstić information content (AvgIpc) is 2.76. The Morgan fingerprint density at radius 3 is 2.40 bits per heavy atom. The van der Waals surface area contributed by atoms with Gasteiger partial charge in [-0.05, 0) is 78.8 Å². The maximum atomic E-state index is 14.6. The zero-order chi connectivity index (χ0) is 21.1. The number of hydrogen-bond acceptors (Lipinski definition) is 1. The molecule has 0 spiro atoms. The average molecular weight is 408 g/mol. The number of benzene rings is 3. The van der Waals surface area contributed by atoms with Crippen LogP contribution in [0.1, 0.15) is 48.3 Å². The standard InChI is InChI=1S/C26H23F3O/c1-30-16-18-3-6-19(7-4-18)21-10-9-20(25(28)15-21)8-2-17-5-12-23-22(14-17)11-13-24(27)26(23)29/h5,9-15,18-19H,3-4,6-7,16H2,1H3. The van der Waals surface area contributed by atoms with Crippen molar-refractivity contribution in [1.29, 1.82) is 0 Å². The summed E-state index contributed by atoms with van der Waals surface area (Å²) in [6.45, 7) is 0.798. The Kier molecular flexibility index (Phi) is 6.11. The maximum Gasteiger partial charge on any atom is 0.166 e. The van der Waals surface area contributed by atoms with Gasteiger partial charge >= 0.3 is 0 Å². The summed E-state index contributed by atoms with van der Waals surface area (Å²) < 4.78 is 47.0. The first kappa shape index (κ1) is 20.5. The van der Waals surface area contributed by atoms with Crippen LogP contribution in [0.25, 0.3) is 10.8 Å². The van der Waals surface area contributed by atoms with Crippen molar-refractivity contribution in [3.63, 3.8) is 0 Å². The molecule has 0 aliphatic heterocycles. The Morgan fingerprint density at radius 1 is 0.867 bits per heavy atom. The van der Waals surface area contributed by atoms with Crippen LogP contribution in [0.4, 0.5) is 13.2 Å². The van der Waals surface area contributed by atoms with Crippen molar-refractivity contribution in [3.8, 4) is 11.8 Å². The summed E-state index contributed by atoms with van der Waals surface area (Å²) >= 11 is 0. The van der Waals surface area contributed by atoms with Gasteiger partial charge in [0.25, 0.3) is 0 Å². The molecule has 3 aromatic rings. The fourth-order valence-electron chi connectivity index (χ4n) is 4.27. The smallest absolute Gasteiger partial charge is 0.166 e. The molecular weight excluding hydrogens is 385 g/mol. The summed E-state index contributed by atoms with van der Waals surface area (Å²) in [5.41, 5.74) is 1.97. The summed E-state index contributed by atoms with van der Waals surface area (Å²) in [6.07, 6.45) is 4.31. The summed E-state index contributed by atoms with van der Waals surface area (Å²) in [5.74, 6) is 4.70. The highest BCUT2D eigenvalue weighted by atomic mass is 19.2. The van der Waals surface area contributed by atoms with E-state index in [1.165, 1.54) is 12.1 Å². The molecule has 1 fully saturated rings. The van der Waals surface area contributed by atoms with Gasteiger partial charge in [0.2, 0.25) is 0 Å². The van der Waals surface area contributed by atoms with Crippen molar-refractivity contribution in [2.75, 3.05) is 13.7 Å². The van der Waals surface area contributed by atoms with E-state index in [1.807, 2.05) is 6.07 Å². The zero-order valence-corrected chi connectivity index (χ0v) is 16.9. The molecule has 1 aliphatic carbocycles. The molecule has 154 valence electrons. The quantitative estimate of drug-likeness (QED) is 0.445. The second kappa shape index (κ2) is 8.93. The lowest BCUT2D eigenvalue weighted by Crippen LogP contribution is -2.17. The van der Waals surface area contributed by atoms with E-state index >= 15 is 0 Å². The second-order valence-electron chi connectivity index (χ2n) is 7.96. The van der Waals surface area contributed by atoms with Gasteiger partial charge in [0.15, 0.2) is 11.6 Å². The Morgan fingerprint density at radius 2 is 1.67 bits per heavy atom. The fraction of sp³-hybridized carbons (Fsp3) is 0.308. The number of ether oxygens (including phenoxy) is 1. The van der Waals surface area contributed by atoms with Gasteiger partial charge in [0, 0.05) is 24.7 Å². The third-order valence-electron chi connectivity index (χ3n) is 5.96. The van der Waals surface area contributed by atoms with Crippen molar-refractivity contribution in [2.45, 2.75) is 31.6 Å². The molecule has 1 aliphatic rings. The van der Waals surface area contributed by atoms with E-state index in [0.29, 0.717) is 28.3 Å². The number of halogens is 3. The van der Waals surface area contributed by atoms with Crippen LogP contribution in [-0.2, 0) is 4.74 Å². The summed E-state index contributed by atoms with van der Waals surface area (Å²) in [6, 6.07) is 12.7. The lowest BCUT2D eigenvalue weighted by molar-refractivity contribution is 0.127. The minimum atomic E-state index is -0.879. The van der Waals surface area contributed by atoms with Gasteiger partial charge in [-0.25, -0.2) is 13.2 Å². The van der Waals surface area contributed by atoms with E-state index in [1.54, 1.807) is 31.4 Å². The van der Waals surface area contributed by atoms with Crippen molar-refractivity contribution in [2.24, 2.45) is 5.92 Å². The van der Waals surface area contributed by atoms with E-state index in [-0.39, 0.29) is 11.2 Å². The molecule has 0 N–H and O–H groups in total. The topological polar surface area (TPSA) is 9.23 Å². The summed E-state index contributed by atoms with van der Waals surface area (Å²) in [5, 5.41) is 0.761. The molecule has 4 rings (SSSR count). The van der Waals surface area contributed by atoms with Crippen molar-refractivity contribution in [3.05, 3.63) is 82.7 Å². The molecule has 0 radical (unpaired) electrons. The molecule has 0 aromatic heterocycles. The Balaban J connectivity index is 1.51. The van der Waals surface area contributed by atoms with E-state index < -0.39 is 11.6 Å². The first-order chi connectivity index (χ1) is 14.5. The molecule has 4 heteroatoms. The van der Waals surface area contributed by atoms with Crippen molar-refractivity contribution in [1.82, 2.24) is 0 Å². The highest BCUT2D eigenvalue weighted by Gasteiger charge is 2.22. The van der Waals surface area contributed by atoms with Crippen molar-refractivity contribution >= 4 is 10.8 Å². The molecule has 0 unspecified atom stereocenters. The van der Waals surface area contributed by atoms with E-state index in [2.05, 4.69) is 11.8 Å². The maximum absolute atomic E-state index is 14.6. The molecule has 3 aromatic carbocycles. The van der Waals surface area contributed by atoms with Gasteiger partial charge in [-0.15, -0.1) is 0 Å². The van der Waals surface area contributed by atoms with E-state index in [9.17, 15) is 13.2 Å². The third kappa shape index (κ3) is 4.37. The molecule has 0 heterocycles. The minimum Gasteiger partial charge on any atom is -0.384 e. The number of hydrogen-bond donors (Lipinski definition) is 0. The number of methoxy groups -OCH3 is 1. The van der Waals surface area contributed by atoms with Gasteiger partial charge in [0.1, 0.15) is 5.82 Å². The van der Waals surface area contributed by atoms with Crippen LogP contribution in [0, 0.1) is 35.2 Å². The predicted molar refractivity (Wildman–Crippen MR) is 113 cm³/mol. The van der Waals surface area contributed by atoms with Crippen LogP contribution in [0.2, 0.25) is 0 Å². The first-order valence-corrected chi connectivity index (χ1v) is 10.2. The molecular formula is C26H23F3O. The Labute approximate surface area is 174 Å². The monoisotopic (exact) mass is 408 g/mol. The molecule has 1 saturated carbocycles. The number of rotatable bonds is 3. The van der Waals surface area contributed by atoms with Crippen LogP contribution < -0.4 is 0 Å². The summed E-state index contributed by atoms with van der Waals surface area (Å²) in [7, 11) is 1.73. The Bertz CT molecular complexity index is 1120. The first-order valence-electron chi connectivity index (χ1n) is 10.2. The normalized spacial score (nSPS) is 18.8. The molecule has 1 nitrogen and oxygen atoms in total. The van der Waals surface area contributed by atoms with Gasteiger partial charge in [-0.2, -0.15) is 0 Å². The SMILES string of the molecule is COCC1CCC(c2ccc(C#Cc3ccc4c(F)c(F)ccc4c3)c(F)c2)CC1. The molecule has 30 heavy (non-hydrogen) atoms. The van der Waals surface area contributed by atoms with Gasteiger partial charge in [-0.3, -0.25) is 0 Å². The fourth-order valence-corrected chi connectivity index (χ4v) is 4.27. The Hall–Kier alpha value is -2.77. The van der Waals surface area contributed by atoms with Crippen LogP contribution in [0.3, 0.4) is 0 Å². The second-order valence-corrected chi connectivity index (χ2v) is 7.96. The predicted octanol–water partition coefficient (Wildman–Crippen LogP) is 6.58. The van der Waals surface area contributed by atoms with Crippen LogP contribution in [0.15, 0.2) is 48.5 Å². The molecule has 0 saturated heterocycles. The highest BCUT2D eigenvalue weighted by Crippen LogP contribution is 2.36. The number of fused-ring (bicyclic) bond motifs is 1. The van der Waals surface area contributed by atoms with Gasteiger partial charge in [0.05, 0.1) is 5.56 Å². The largest absolute Gasteiger partial charge is 0.384 e. The van der Waals surface area contributed by atoms with Gasteiger partial charge < -0.3 is 4.74 Å². The third-order valence-corrected chi connectivity index (χ3v) is 5.96.